The van der Waals surface area contributed by atoms with E-state index >= 15 is 0 Å². The number of aliphatic hydroxyl groups is 1. The third-order valence-electron chi connectivity index (χ3n) is 4.31. The summed E-state index contributed by atoms with van der Waals surface area (Å²) in [4.78, 5) is 0. The molecule has 1 N–H and O–H groups in total. The van der Waals surface area contributed by atoms with Gasteiger partial charge in [0.2, 0.25) is 0 Å². The maximum Gasteiger partial charge on any atom is 1.00 e. The predicted molar refractivity (Wildman–Crippen MR) is 90.9 cm³/mol. The van der Waals surface area contributed by atoms with E-state index in [0.717, 1.165) is 12.8 Å². The molecule has 0 bridgehead atoms. The first kappa shape index (κ1) is 26.1. The Hall–Kier alpha value is 0.870. The van der Waals surface area contributed by atoms with Crippen molar-refractivity contribution in [3.05, 3.63) is 0 Å². The van der Waals surface area contributed by atoms with Crippen LogP contribution in [0.15, 0.2) is 0 Å². The van der Waals surface area contributed by atoms with Gasteiger partial charge >= 0.3 is 29.6 Å². The fourth-order valence-electron chi connectivity index (χ4n) is 2.80. The maximum atomic E-state index is 11.1. The average molecular weight is 359 g/mol. The van der Waals surface area contributed by atoms with Gasteiger partial charge in [0.15, 0.2) is 0 Å². The molecule has 2 atom stereocenters. The summed E-state index contributed by atoms with van der Waals surface area (Å²) in [6.45, 7) is 3.92. The summed E-state index contributed by atoms with van der Waals surface area (Å²) in [5, 5.41) is 8.51. The Morgan fingerprint density at radius 2 is 1.22 bits per heavy atom. The zero-order valence-electron chi connectivity index (χ0n) is 15.4. The van der Waals surface area contributed by atoms with Gasteiger partial charge in [-0.3, -0.25) is 0 Å². The van der Waals surface area contributed by atoms with E-state index in [1.165, 1.54) is 51.4 Å². The van der Waals surface area contributed by atoms with Crippen LogP contribution in [0, 0.1) is 0 Å². The van der Waals surface area contributed by atoms with Gasteiger partial charge in [0.05, 0.1) is 11.4 Å². The first-order valence-corrected chi connectivity index (χ1v) is 10.5. The molecule has 0 aromatic rings. The quantitative estimate of drug-likeness (QED) is 0.272. The van der Waals surface area contributed by atoms with Crippen molar-refractivity contribution in [3.8, 4) is 0 Å². The van der Waals surface area contributed by atoms with Gasteiger partial charge in [-0.15, -0.1) is 0 Å². The summed E-state index contributed by atoms with van der Waals surface area (Å²) in [7, 11) is -4.39. The molecule has 134 valence electrons. The Bertz CT molecular complexity index is 347. The van der Waals surface area contributed by atoms with E-state index in [4.69, 9.17) is 0 Å². The van der Waals surface area contributed by atoms with Gasteiger partial charge in [0, 0.05) is 0 Å². The molecule has 2 unspecified atom stereocenters. The van der Waals surface area contributed by atoms with Crippen LogP contribution in [0.2, 0.25) is 0 Å². The normalized spacial score (nSPS) is 14.3. The molecule has 0 aliphatic rings. The molecule has 0 aromatic carbocycles. The molecule has 0 fully saturated rings. The van der Waals surface area contributed by atoms with E-state index in [9.17, 15) is 18.1 Å². The van der Waals surface area contributed by atoms with E-state index in [0.29, 0.717) is 12.8 Å². The topological polar surface area (TPSA) is 77.4 Å². The summed E-state index contributed by atoms with van der Waals surface area (Å²) in [6, 6.07) is 0. The number of hydrogen-bond donors (Lipinski definition) is 1. The van der Waals surface area contributed by atoms with Crippen molar-refractivity contribution < 1.29 is 47.6 Å². The van der Waals surface area contributed by atoms with Crippen molar-refractivity contribution in [1.82, 2.24) is 0 Å². The van der Waals surface area contributed by atoms with E-state index in [1.54, 1.807) is 6.92 Å². The summed E-state index contributed by atoms with van der Waals surface area (Å²) >= 11 is 0. The zero-order chi connectivity index (χ0) is 16.8. The first-order valence-electron chi connectivity index (χ1n) is 9.06. The minimum absolute atomic E-state index is 0. The minimum Gasteiger partial charge on any atom is -0.748 e. The largest absolute Gasteiger partial charge is 1.00 e. The van der Waals surface area contributed by atoms with Crippen LogP contribution in [0.25, 0.3) is 0 Å². The van der Waals surface area contributed by atoms with E-state index in [-0.39, 0.29) is 36.0 Å². The molecule has 0 rings (SSSR count). The molecular weight excluding hydrogens is 323 g/mol. The number of hydrogen-bond acceptors (Lipinski definition) is 4. The Morgan fingerprint density at radius 1 is 0.826 bits per heavy atom. The fourth-order valence-corrected chi connectivity index (χ4v) is 3.83. The molecule has 6 heteroatoms. The second-order valence-electron chi connectivity index (χ2n) is 6.33. The monoisotopic (exact) mass is 358 g/mol. The van der Waals surface area contributed by atoms with Crippen LogP contribution in [0.3, 0.4) is 0 Å². The third kappa shape index (κ3) is 14.9. The standard InChI is InChI=1S/C17H36O4S.Na/c1-3-5-6-7-8-9-10-11-12-13-14-15-17(16(18)4-2)22(19,20)21;/h16-18H,3-15H2,1-2H3,(H,19,20,21);/q;+1/p-1. The molecule has 0 radical (unpaired) electrons. The van der Waals surface area contributed by atoms with Crippen molar-refractivity contribution in [2.45, 2.75) is 109 Å². The van der Waals surface area contributed by atoms with Crippen molar-refractivity contribution in [2.24, 2.45) is 0 Å². The van der Waals surface area contributed by atoms with Gasteiger partial charge in [-0.25, -0.2) is 8.42 Å². The van der Waals surface area contributed by atoms with Crippen LogP contribution >= 0.6 is 0 Å². The molecule has 0 saturated heterocycles. The van der Waals surface area contributed by atoms with Crippen molar-refractivity contribution in [3.63, 3.8) is 0 Å². The van der Waals surface area contributed by atoms with Gasteiger partial charge in [0.25, 0.3) is 0 Å². The maximum absolute atomic E-state index is 11.1. The van der Waals surface area contributed by atoms with Gasteiger partial charge in [-0.05, 0) is 12.8 Å². The van der Waals surface area contributed by atoms with Crippen LogP contribution in [-0.2, 0) is 10.1 Å². The second kappa shape index (κ2) is 16.3. The van der Waals surface area contributed by atoms with Gasteiger partial charge < -0.3 is 9.66 Å². The summed E-state index contributed by atoms with van der Waals surface area (Å²) < 4.78 is 33.4. The molecule has 0 heterocycles. The van der Waals surface area contributed by atoms with Crippen LogP contribution in [0.5, 0.6) is 0 Å². The van der Waals surface area contributed by atoms with E-state index < -0.39 is 21.5 Å². The molecule has 0 spiro atoms. The smallest absolute Gasteiger partial charge is 0.748 e. The molecule has 0 aromatic heterocycles. The van der Waals surface area contributed by atoms with Crippen molar-refractivity contribution in [1.29, 1.82) is 0 Å². The van der Waals surface area contributed by atoms with Crippen molar-refractivity contribution in [2.75, 3.05) is 0 Å². The van der Waals surface area contributed by atoms with E-state index in [2.05, 4.69) is 6.92 Å². The molecule has 0 aliphatic carbocycles. The molecule has 0 aliphatic heterocycles. The SMILES string of the molecule is CCCCCCCCCCCCCC(C(O)CC)S(=O)(=O)[O-].[Na+]. The average Bonchev–Trinajstić information content (AvgIpc) is 2.46. The molecule has 0 saturated carbocycles. The Balaban J connectivity index is 0. The molecule has 23 heavy (non-hydrogen) atoms. The third-order valence-corrected chi connectivity index (χ3v) is 5.60. The van der Waals surface area contributed by atoms with Gasteiger partial charge in [-0.2, -0.15) is 0 Å². The number of unbranched alkanes of at least 4 members (excludes halogenated alkanes) is 10. The van der Waals surface area contributed by atoms with Crippen LogP contribution in [-0.4, -0.2) is 29.4 Å². The van der Waals surface area contributed by atoms with Gasteiger partial charge in [-0.1, -0.05) is 84.5 Å². The molecule has 0 amide bonds. The minimum atomic E-state index is -4.39. The molecular formula is C17H35NaO4S. The Morgan fingerprint density at radius 3 is 1.57 bits per heavy atom. The summed E-state index contributed by atoms with van der Waals surface area (Å²) in [5.41, 5.74) is 0. The van der Waals surface area contributed by atoms with Gasteiger partial charge in [0.1, 0.15) is 10.1 Å². The Labute approximate surface area is 165 Å². The summed E-state index contributed by atoms with van der Waals surface area (Å²) in [5.74, 6) is 0. The molecule has 4 nitrogen and oxygen atoms in total. The summed E-state index contributed by atoms with van der Waals surface area (Å²) in [6.07, 6.45) is 12.7. The predicted octanol–water partition coefficient (Wildman–Crippen LogP) is 1.38. The van der Waals surface area contributed by atoms with Crippen LogP contribution in [0.4, 0.5) is 0 Å². The first-order chi connectivity index (χ1) is 10.4. The van der Waals surface area contributed by atoms with E-state index in [1.807, 2.05) is 0 Å². The number of rotatable bonds is 15. The zero-order valence-corrected chi connectivity index (χ0v) is 18.2. The Kier molecular flexibility index (Phi) is 18.5. The second-order valence-corrected chi connectivity index (χ2v) is 7.92. The van der Waals surface area contributed by atoms with Crippen LogP contribution < -0.4 is 29.6 Å². The van der Waals surface area contributed by atoms with Crippen LogP contribution in [0.1, 0.15) is 97.3 Å². The fraction of sp³-hybridized carbons (Fsp3) is 1.00. The van der Waals surface area contributed by atoms with Crippen molar-refractivity contribution >= 4 is 10.1 Å². The number of aliphatic hydroxyl groups excluding tert-OH is 1.